The number of benzene rings is 1. The van der Waals surface area contributed by atoms with Crippen molar-refractivity contribution >= 4 is 29.2 Å². The number of nitrogens with zero attached hydrogens (tertiary/aromatic N) is 4. The number of carbonyl (C=O) groups excluding carboxylic acids is 2. The summed E-state index contributed by atoms with van der Waals surface area (Å²) < 4.78 is 1.68. The molecule has 3 aromatic rings. The van der Waals surface area contributed by atoms with E-state index in [1.807, 2.05) is 25.4 Å². The molecule has 0 unspecified atom stereocenters. The molecule has 2 amide bonds. The third-order valence-electron chi connectivity index (χ3n) is 5.32. The Morgan fingerprint density at radius 1 is 1.26 bits per heavy atom. The average Bonchev–Trinajstić information content (AvgIpc) is 3.37. The molecule has 2 aromatic heterocycles. The summed E-state index contributed by atoms with van der Waals surface area (Å²) in [6.07, 6.45) is 6.13. The maximum atomic E-state index is 12.8. The zero-order chi connectivity index (χ0) is 22.0. The van der Waals surface area contributed by atoms with Crippen molar-refractivity contribution in [2.75, 3.05) is 18.8 Å². The molecule has 0 aliphatic carbocycles. The average molecular weight is 439 g/mol. The van der Waals surface area contributed by atoms with Crippen molar-refractivity contribution < 1.29 is 9.59 Å². The van der Waals surface area contributed by atoms with Crippen LogP contribution in [0.4, 0.5) is 5.82 Å². The number of amides is 2. The molecule has 0 bridgehead atoms. The first kappa shape index (κ1) is 20.9. The Morgan fingerprint density at radius 3 is 2.84 bits per heavy atom. The van der Waals surface area contributed by atoms with Gasteiger partial charge in [0, 0.05) is 54.7 Å². The molecule has 1 saturated heterocycles. The van der Waals surface area contributed by atoms with Gasteiger partial charge in [-0.2, -0.15) is 5.10 Å². The first-order chi connectivity index (χ1) is 14.9. The van der Waals surface area contributed by atoms with Crippen molar-refractivity contribution in [3.05, 3.63) is 65.1 Å². The minimum absolute atomic E-state index is 0.0128. The molecule has 0 spiro atoms. The van der Waals surface area contributed by atoms with Crippen molar-refractivity contribution in [2.45, 2.75) is 18.9 Å². The number of hydrogen-bond acceptors (Lipinski definition) is 5. The highest BCUT2D eigenvalue weighted by Crippen LogP contribution is 2.22. The minimum Gasteiger partial charge on any atom is -0.383 e. The van der Waals surface area contributed by atoms with E-state index in [0.29, 0.717) is 30.1 Å². The van der Waals surface area contributed by atoms with Crippen molar-refractivity contribution in [2.24, 2.45) is 7.05 Å². The van der Waals surface area contributed by atoms with Crippen molar-refractivity contribution in [1.29, 1.82) is 0 Å². The van der Waals surface area contributed by atoms with Gasteiger partial charge in [-0.1, -0.05) is 23.7 Å². The summed E-state index contributed by atoms with van der Waals surface area (Å²) in [5, 5.41) is 7.74. The minimum atomic E-state index is -0.301. The molecule has 4 rings (SSSR count). The zero-order valence-corrected chi connectivity index (χ0v) is 17.8. The van der Waals surface area contributed by atoms with Crippen LogP contribution in [-0.4, -0.2) is 50.6 Å². The molecular formula is C22H23ClN6O2. The number of anilines is 1. The number of aryl methyl sites for hydroxylation is 1. The van der Waals surface area contributed by atoms with Crippen LogP contribution in [0.25, 0.3) is 11.1 Å². The first-order valence-corrected chi connectivity index (χ1v) is 10.3. The number of pyridine rings is 1. The first-order valence-electron chi connectivity index (χ1n) is 9.96. The maximum Gasteiger partial charge on any atom is 0.255 e. The van der Waals surface area contributed by atoms with Gasteiger partial charge in [-0.25, -0.2) is 4.98 Å². The Bertz CT molecular complexity index is 1130. The van der Waals surface area contributed by atoms with Crippen LogP contribution in [0.2, 0.25) is 5.02 Å². The van der Waals surface area contributed by atoms with Gasteiger partial charge in [0.05, 0.1) is 18.2 Å². The smallest absolute Gasteiger partial charge is 0.255 e. The van der Waals surface area contributed by atoms with Gasteiger partial charge in [-0.3, -0.25) is 14.3 Å². The highest BCUT2D eigenvalue weighted by Gasteiger charge is 2.28. The van der Waals surface area contributed by atoms with Crippen molar-refractivity contribution in [1.82, 2.24) is 25.0 Å². The lowest BCUT2D eigenvalue weighted by Gasteiger charge is -2.17. The van der Waals surface area contributed by atoms with E-state index in [2.05, 4.69) is 15.4 Å². The van der Waals surface area contributed by atoms with E-state index in [-0.39, 0.29) is 30.1 Å². The molecule has 3 heterocycles. The number of halogens is 1. The Labute approximate surface area is 185 Å². The molecule has 160 valence electrons. The highest BCUT2D eigenvalue weighted by molar-refractivity contribution is 6.30. The third-order valence-corrected chi connectivity index (χ3v) is 5.56. The van der Waals surface area contributed by atoms with Crippen LogP contribution >= 0.6 is 11.6 Å². The second-order valence-corrected chi connectivity index (χ2v) is 8.10. The molecule has 1 fully saturated rings. The molecule has 9 heteroatoms. The lowest BCUT2D eigenvalue weighted by Crippen LogP contribution is -2.39. The van der Waals surface area contributed by atoms with Crippen LogP contribution in [0, 0.1) is 0 Å². The molecule has 31 heavy (non-hydrogen) atoms. The van der Waals surface area contributed by atoms with Gasteiger partial charge >= 0.3 is 0 Å². The van der Waals surface area contributed by atoms with Crippen LogP contribution in [0.3, 0.4) is 0 Å². The maximum absolute atomic E-state index is 12.8. The second kappa shape index (κ2) is 8.77. The fourth-order valence-corrected chi connectivity index (χ4v) is 3.90. The third kappa shape index (κ3) is 4.86. The summed E-state index contributed by atoms with van der Waals surface area (Å²) in [6.45, 7) is 1.05. The van der Waals surface area contributed by atoms with Crippen LogP contribution in [0.1, 0.15) is 22.3 Å². The Hall–Kier alpha value is -3.39. The molecule has 1 aromatic carbocycles. The van der Waals surface area contributed by atoms with Gasteiger partial charge in [-0.05, 0) is 30.2 Å². The van der Waals surface area contributed by atoms with E-state index < -0.39 is 0 Å². The molecule has 8 nitrogen and oxygen atoms in total. The Balaban J connectivity index is 1.39. The lowest BCUT2D eigenvalue weighted by molar-refractivity contribution is -0.129. The summed E-state index contributed by atoms with van der Waals surface area (Å²) >= 11 is 6.00. The van der Waals surface area contributed by atoms with Crippen LogP contribution in [0.15, 0.2) is 48.9 Å². The van der Waals surface area contributed by atoms with Crippen LogP contribution in [-0.2, 0) is 18.3 Å². The number of hydrogen-bond donors (Lipinski definition) is 2. The van der Waals surface area contributed by atoms with Gasteiger partial charge in [0.1, 0.15) is 5.82 Å². The van der Waals surface area contributed by atoms with E-state index >= 15 is 0 Å². The van der Waals surface area contributed by atoms with Gasteiger partial charge in [-0.15, -0.1) is 0 Å². The zero-order valence-electron chi connectivity index (χ0n) is 17.1. The molecule has 1 aliphatic heterocycles. The number of rotatable bonds is 5. The van der Waals surface area contributed by atoms with E-state index in [1.54, 1.807) is 40.2 Å². The van der Waals surface area contributed by atoms with E-state index in [0.717, 1.165) is 16.7 Å². The van der Waals surface area contributed by atoms with E-state index in [1.165, 1.54) is 0 Å². The van der Waals surface area contributed by atoms with Crippen molar-refractivity contribution in [3.63, 3.8) is 0 Å². The molecule has 0 radical (unpaired) electrons. The summed E-state index contributed by atoms with van der Waals surface area (Å²) in [5.74, 6) is -0.124. The summed E-state index contributed by atoms with van der Waals surface area (Å²) in [5.41, 5.74) is 8.75. The molecule has 1 aliphatic rings. The number of carbonyl (C=O) groups is 2. The van der Waals surface area contributed by atoms with Gasteiger partial charge in [0.2, 0.25) is 5.91 Å². The number of aromatic nitrogens is 3. The van der Waals surface area contributed by atoms with Crippen LogP contribution in [0.5, 0.6) is 0 Å². The normalized spacial score (nSPS) is 15.8. The largest absolute Gasteiger partial charge is 0.383 e. The number of nitrogens with two attached hydrogens (primary N) is 1. The lowest BCUT2D eigenvalue weighted by atomic mass is 10.1. The SMILES string of the molecule is Cn1cc(-c2cnc(N)c(C(=O)N[C@@H]3CCN(C(=O)Cc4cccc(Cl)c4)C3)c2)cn1. The molecule has 0 saturated carbocycles. The summed E-state index contributed by atoms with van der Waals surface area (Å²) in [6, 6.07) is 8.85. The quantitative estimate of drug-likeness (QED) is 0.635. The number of nitrogen functional groups attached to an aromatic ring is 1. The Morgan fingerprint density at radius 2 is 2.10 bits per heavy atom. The molecule has 3 N–H and O–H groups in total. The van der Waals surface area contributed by atoms with E-state index in [4.69, 9.17) is 17.3 Å². The fourth-order valence-electron chi connectivity index (χ4n) is 3.69. The number of nitrogens with one attached hydrogen (secondary N) is 1. The highest BCUT2D eigenvalue weighted by atomic mass is 35.5. The predicted octanol–water partition coefficient (Wildman–Crippen LogP) is 2.29. The van der Waals surface area contributed by atoms with Gasteiger partial charge < -0.3 is 16.0 Å². The van der Waals surface area contributed by atoms with Crippen LogP contribution < -0.4 is 11.1 Å². The van der Waals surface area contributed by atoms with Gasteiger partial charge in [0.15, 0.2) is 0 Å². The fraction of sp³-hybridized carbons (Fsp3) is 0.273. The molecule has 1 atom stereocenters. The van der Waals surface area contributed by atoms with Crippen molar-refractivity contribution in [3.8, 4) is 11.1 Å². The Kier molecular flexibility index (Phi) is 5.90. The number of likely N-dealkylation sites (tertiary alicyclic amines) is 1. The monoisotopic (exact) mass is 438 g/mol. The second-order valence-electron chi connectivity index (χ2n) is 7.66. The predicted molar refractivity (Wildman–Crippen MR) is 118 cm³/mol. The standard InChI is InChI=1S/C22H23ClN6O2/c1-28-12-16(11-26-28)15-9-19(21(24)25-10-15)22(31)27-18-5-6-29(13-18)20(30)8-14-3-2-4-17(23)7-14/h2-4,7,9-12,18H,5-6,8,13H2,1H3,(H2,24,25)(H,27,31)/t18-/m1/s1. The summed E-state index contributed by atoms with van der Waals surface area (Å²) in [4.78, 5) is 31.4. The van der Waals surface area contributed by atoms with Gasteiger partial charge in [0.25, 0.3) is 5.91 Å². The molecular weight excluding hydrogens is 416 g/mol. The summed E-state index contributed by atoms with van der Waals surface area (Å²) in [7, 11) is 1.82. The topological polar surface area (TPSA) is 106 Å². The van der Waals surface area contributed by atoms with E-state index in [9.17, 15) is 9.59 Å².